The molecule has 1 aromatic carbocycles. The smallest absolute Gasteiger partial charge is 0.341 e. The highest BCUT2D eigenvalue weighted by molar-refractivity contribution is 6.34. The van der Waals surface area contributed by atoms with Crippen LogP contribution in [0, 0.1) is 0 Å². The maximum absolute atomic E-state index is 10.6. The van der Waals surface area contributed by atoms with Gasteiger partial charge in [0, 0.05) is 0 Å². The van der Waals surface area contributed by atoms with Gasteiger partial charge >= 0.3 is 5.97 Å². The van der Waals surface area contributed by atoms with E-state index in [1.54, 1.807) is 6.07 Å². The van der Waals surface area contributed by atoms with Crippen LogP contribution in [-0.2, 0) is 0 Å². The molecule has 0 fully saturated rings. The topological polar surface area (TPSA) is 46.5 Å². The van der Waals surface area contributed by atoms with Gasteiger partial charge < -0.3 is 9.40 Å². The van der Waals surface area contributed by atoms with Gasteiger partial charge in [-0.25, -0.2) is 4.79 Å². The Hall–Kier alpha value is -0.930. The molecule has 64 valence electrons. The Kier molecular flexibility index (Phi) is 2.78. The summed E-state index contributed by atoms with van der Waals surface area (Å²) in [5.41, 5.74) is -0.130. The van der Waals surface area contributed by atoms with Gasteiger partial charge in [0.25, 0.3) is 0 Å². The Bertz CT molecular complexity index is 312. The standard InChI is InChI=1S/C7H4Cl2O3/c8-4-2-1-3-5(12-9)6(4)7(10)11/h1-3H,(H,10,11). The molecule has 1 aromatic rings. The molecular weight excluding hydrogens is 203 g/mol. The molecule has 0 aliphatic carbocycles. The highest BCUT2D eigenvalue weighted by Crippen LogP contribution is 2.26. The fraction of sp³-hybridized carbons (Fsp3) is 0. The summed E-state index contributed by atoms with van der Waals surface area (Å²) >= 11 is 10.6. The summed E-state index contributed by atoms with van der Waals surface area (Å²) in [6, 6.07) is 4.42. The number of hydrogen-bond donors (Lipinski definition) is 1. The Balaban J connectivity index is 3.29. The second-order valence-electron chi connectivity index (χ2n) is 2.00. The van der Waals surface area contributed by atoms with Crippen molar-refractivity contribution < 1.29 is 14.2 Å². The van der Waals surface area contributed by atoms with Crippen LogP contribution in [0.2, 0.25) is 5.02 Å². The summed E-state index contributed by atoms with van der Waals surface area (Å²) < 4.78 is 4.29. The number of carboxylic acid groups (broad SMARTS) is 1. The highest BCUT2D eigenvalue weighted by atomic mass is 35.5. The molecule has 0 aliphatic rings. The zero-order chi connectivity index (χ0) is 9.14. The number of benzene rings is 1. The van der Waals surface area contributed by atoms with Crippen molar-refractivity contribution in [1.29, 1.82) is 0 Å². The van der Waals surface area contributed by atoms with Crippen molar-refractivity contribution in [2.24, 2.45) is 0 Å². The fourth-order valence-electron chi connectivity index (χ4n) is 0.776. The molecule has 0 saturated carbocycles. The molecule has 3 nitrogen and oxygen atoms in total. The maximum Gasteiger partial charge on any atom is 0.341 e. The number of halogens is 2. The van der Waals surface area contributed by atoms with Crippen LogP contribution in [-0.4, -0.2) is 11.1 Å². The molecule has 0 unspecified atom stereocenters. The van der Waals surface area contributed by atoms with Crippen molar-refractivity contribution in [3.63, 3.8) is 0 Å². The lowest BCUT2D eigenvalue weighted by atomic mass is 10.2. The lowest BCUT2D eigenvalue weighted by Crippen LogP contribution is -1.99. The second-order valence-corrected chi connectivity index (χ2v) is 2.56. The summed E-state index contributed by atoms with van der Waals surface area (Å²) in [7, 11) is 0. The zero-order valence-corrected chi connectivity index (χ0v) is 7.26. The number of rotatable bonds is 2. The third-order valence-corrected chi connectivity index (χ3v) is 1.75. The first-order chi connectivity index (χ1) is 5.66. The third kappa shape index (κ3) is 1.62. The maximum atomic E-state index is 10.6. The van der Waals surface area contributed by atoms with Crippen LogP contribution in [0.15, 0.2) is 18.2 Å². The SMILES string of the molecule is O=C(O)c1c(Cl)cccc1OCl. The van der Waals surface area contributed by atoms with Crippen molar-refractivity contribution in [1.82, 2.24) is 0 Å². The first-order valence-electron chi connectivity index (χ1n) is 2.97. The van der Waals surface area contributed by atoms with Crippen LogP contribution >= 0.6 is 23.5 Å². The van der Waals surface area contributed by atoms with Gasteiger partial charge in [0.2, 0.25) is 0 Å². The van der Waals surface area contributed by atoms with E-state index in [-0.39, 0.29) is 16.3 Å². The Morgan fingerprint density at radius 2 is 2.17 bits per heavy atom. The van der Waals surface area contributed by atoms with E-state index in [1.165, 1.54) is 12.1 Å². The monoisotopic (exact) mass is 206 g/mol. The van der Waals surface area contributed by atoms with Crippen LogP contribution in [0.5, 0.6) is 5.75 Å². The lowest BCUT2D eigenvalue weighted by molar-refractivity contribution is 0.0695. The van der Waals surface area contributed by atoms with Crippen LogP contribution in [0.3, 0.4) is 0 Å². The predicted octanol–water partition coefficient (Wildman–Crippen LogP) is 2.57. The van der Waals surface area contributed by atoms with Crippen molar-refractivity contribution in [3.8, 4) is 5.75 Å². The van der Waals surface area contributed by atoms with Crippen LogP contribution in [0.1, 0.15) is 10.4 Å². The summed E-state index contributed by atoms with van der Waals surface area (Å²) in [4.78, 5) is 10.6. The first kappa shape index (κ1) is 9.16. The van der Waals surface area contributed by atoms with Crippen LogP contribution in [0.25, 0.3) is 0 Å². The molecule has 0 radical (unpaired) electrons. The van der Waals surface area contributed by atoms with Gasteiger partial charge in [-0.1, -0.05) is 17.7 Å². The largest absolute Gasteiger partial charge is 0.477 e. The van der Waals surface area contributed by atoms with Gasteiger partial charge in [-0.05, 0) is 12.1 Å². The van der Waals surface area contributed by atoms with E-state index in [0.29, 0.717) is 0 Å². The summed E-state index contributed by atoms with van der Waals surface area (Å²) in [5, 5.41) is 8.75. The predicted molar refractivity (Wildman–Crippen MR) is 44.9 cm³/mol. The second kappa shape index (κ2) is 3.65. The minimum atomic E-state index is -1.17. The summed E-state index contributed by atoms with van der Waals surface area (Å²) in [6.45, 7) is 0. The third-order valence-electron chi connectivity index (χ3n) is 1.27. The molecule has 0 atom stereocenters. The van der Waals surface area contributed by atoms with Crippen molar-refractivity contribution in [2.75, 3.05) is 0 Å². The van der Waals surface area contributed by atoms with E-state index in [1.807, 2.05) is 0 Å². The molecular formula is C7H4Cl2O3. The van der Waals surface area contributed by atoms with E-state index in [9.17, 15) is 4.79 Å². The van der Waals surface area contributed by atoms with Crippen molar-refractivity contribution in [3.05, 3.63) is 28.8 Å². The van der Waals surface area contributed by atoms with Gasteiger partial charge in [0.15, 0.2) is 5.75 Å². The van der Waals surface area contributed by atoms with E-state index < -0.39 is 5.97 Å². The summed E-state index contributed by atoms with van der Waals surface area (Å²) in [6.07, 6.45) is 0. The Morgan fingerprint density at radius 3 is 2.58 bits per heavy atom. The van der Waals surface area contributed by atoms with Gasteiger partial charge in [0.1, 0.15) is 17.4 Å². The zero-order valence-electron chi connectivity index (χ0n) is 5.75. The quantitative estimate of drug-likeness (QED) is 0.810. The van der Waals surface area contributed by atoms with E-state index in [2.05, 4.69) is 4.29 Å². The number of carboxylic acids is 1. The number of hydrogen-bond acceptors (Lipinski definition) is 2. The van der Waals surface area contributed by atoms with E-state index >= 15 is 0 Å². The molecule has 0 spiro atoms. The minimum Gasteiger partial charge on any atom is -0.477 e. The average Bonchev–Trinajstić information content (AvgIpc) is 2.03. The van der Waals surface area contributed by atoms with E-state index in [0.717, 1.165) is 0 Å². The molecule has 0 aliphatic heterocycles. The fourth-order valence-corrected chi connectivity index (χ4v) is 1.15. The van der Waals surface area contributed by atoms with Crippen molar-refractivity contribution >= 4 is 29.4 Å². The lowest BCUT2D eigenvalue weighted by Gasteiger charge is -2.02. The van der Waals surface area contributed by atoms with Gasteiger partial charge in [-0.3, -0.25) is 0 Å². The number of carbonyl (C=O) groups is 1. The minimum absolute atomic E-state index is 0.0386. The Labute approximate surface area is 78.6 Å². The first-order valence-corrected chi connectivity index (χ1v) is 3.66. The molecule has 0 saturated heterocycles. The van der Waals surface area contributed by atoms with Crippen molar-refractivity contribution in [2.45, 2.75) is 0 Å². The summed E-state index contributed by atoms with van der Waals surface area (Å²) in [5.74, 6) is -1.13. The molecule has 0 heterocycles. The van der Waals surface area contributed by atoms with Gasteiger partial charge in [-0.15, -0.1) is 0 Å². The van der Waals surface area contributed by atoms with E-state index in [4.69, 9.17) is 28.6 Å². The molecule has 0 bridgehead atoms. The molecule has 1 rings (SSSR count). The van der Waals surface area contributed by atoms with Gasteiger partial charge in [-0.2, -0.15) is 0 Å². The Morgan fingerprint density at radius 1 is 1.50 bits per heavy atom. The molecule has 1 N–H and O–H groups in total. The van der Waals surface area contributed by atoms with Gasteiger partial charge in [0.05, 0.1) is 5.02 Å². The van der Waals surface area contributed by atoms with Crippen LogP contribution in [0.4, 0.5) is 0 Å². The highest BCUT2D eigenvalue weighted by Gasteiger charge is 2.14. The molecule has 5 heteroatoms. The molecule has 0 aromatic heterocycles. The number of aromatic carboxylic acids is 1. The average molecular weight is 207 g/mol. The molecule has 0 amide bonds. The normalized spacial score (nSPS) is 9.50. The molecule has 12 heavy (non-hydrogen) atoms. The van der Waals surface area contributed by atoms with Crippen LogP contribution < -0.4 is 4.29 Å².